The number of aromatic nitrogens is 1. The van der Waals surface area contributed by atoms with Crippen LogP contribution < -0.4 is 15.8 Å². The van der Waals surface area contributed by atoms with Gasteiger partial charge in [0.15, 0.2) is 0 Å². The Hall–Kier alpha value is -1.63. The smallest absolute Gasteiger partial charge is 0.271 e. The number of carbonyl (C=O) groups excluding carboxylic acids is 1. The maximum atomic E-state index is 12.2. The maximum Gasteiger partial charge on any atom is 0.271 e. The van der Waals surface area contributed by atoms with Crippen LogP contribution in [0.1, 0.15) is 21.1 Å². The summed E-state index contributed by atoms with van der Waals surface area (Å²) in [5.41, 5.74) is 7.07. The first-order valence-corrected chi connectivity index (χ1v) is 7.80. The van der Waals surface area contributed by atoms with Gasteiger partial charge in [0.1, 0.15) is 18.1 Å². The van der Waals surface area contributed by atoms with Crippen LogP contribution in [0.15, 0.2) is 29.6 Å². The molecular formula is C15H18ClN3O2S. The number of benzene rings is 1. The molecule has 7 heteroatoms. The Labute approximate surface area is 139 Å². The zero-order valence-electron chi connectivity index (χ0n) is 12.0. The van der Waals surface area contributed by atoms with Crippen LogP contribution in [0.4, 0.5) is 0 Å². The van der Waals surface area contributed by atoms with Gasteiger partial charge in [-0.1, -0.05) is 18.2 Å². The molecule has 118 valence electrons. The van der Waals surface area contributed by atoms with Crippen LogP contribution in [0, 0.1) is 0 Å². The van der Waals surface area contributed by atoms with E-state index in [1.165, 1.54) is 11.3 Å². The molecule has 0 saturated carbocycles. The molecule has 1 aromatic carbocycles. The van der Waals surface area contributed by atoms with Crippen LogP contribution in [-0.4, -0.2) is 30.1 Å². The van der Waals surface area contributed by atoms with Crippen molar-refractivity contribution in [3.05, 3.63) is 45.9 Å². The van der Waals surface area contributed by atoms with Crippen LogP contribution in [0.3, 0.4) is 0 Å². The van der Waals surface area contributed by atoms with E-state index in [1.54, 1.807) is 5.38 Å². The van der Waals surface area contributed by atoms with Crippen LogP contribution in [0.2, 0.25) is 0 Å². The molecule has 1 aliphatic rings. The van der Waals surface area contributed by atoms with Gasteiger partial charge in [0.25, 0.3) is 5.91 Å². The molecule has 1 atom stereocenters. The summed E-state index contributed by atoms with van der Waals surface area (Å²) in [4.78, 5) is 16.5. The predicted octanol–water partition coefficient (Wildman–Crippen LogP) is 1.80. The van der Waals surface area contributed by atoms with Gasteiger partial charge >= 0.3 is 0 Å². The van der Waals surface area contributed by atoms with Gasteiger partial charge in [0, 0.05) is 11.8 Å². The Kier molecular flexibility index (Phi) is 5.76. The van der Waals surface area contributed by atoms with Gasteiger partial charge < -0.3 is 15.8 Å². The van der Waals surface area contributed by atoms with Gasteiger partial charge in [-0.05, 0) is 24.6 Å². The molecule has 0 radical (unpaired) electrons. The van der Waals surface area contributed by atoms with Gasteiger partial charge in [-0.15, -0.1) is 23.7 Å². The monoisotopic (exact) mass is 339 g/mol. The third-order valence-electron chi connectivity index (χ3n) is 3.36. The van der Waals surface area contributed by atoms with Crippen molar-refractivity contribution < 1.29 is 9.53 Å². The first-order valence-electron chi connectivity index (χ1n) is 6.92. The molecule has 1 unspecified atom stereocenters. The highest BCUT2D eigenvalue weighted by Crippen LogP contribution is 2.24. The van der Waals surface area contributed by atoms with E-state index >= 15 is 0 Å². The van der Waals surface area contributed by atoms with Gasteiger partial charge in [-0.25, -0.2) is 4.98 Å². The molecule has 0 aliphatic carbocycles. The fourth-order valence-electron chi connectivity index (χ4n) is 2.33. The molecule has 1 aliphatic heterocycles. The van der Waals surface area contributed by atoms with E-state index in [1.807, 2.05) is 24.3 Å². The van der Waals surface area contributed by atoms with Crippen molar-refractivity contribution in [3.63, 3.8) is 0 Å². The zero-order valence-corrected chi connectivity index (χ0v) is 13.6. The second-order valence-electron chi connectivity index (χ2n) is 4.96. The van der Waals surface area contributed by atoms with E-state index in [2.05, 4.69) is 10.3 Å². The lowest BCUT2D eigenvalue weighted by Gasteiger charge is -2.25. The minimum absolute atomic E-state index is 0. The molecule has 22 heavy (non-hydrogen) atoms. The molecule has 2 heterocycles. The minimum Gasteiger partial charge on any atom is -0.491 e. The zero-order chi connectivity index (χ0) is 14.7. The highest BCUT2D eigenvalue weighted by molar-refractivity contribution is 7.09. The Morgan fingerprint density at radius 3 is 3.09 bits per heavy atom. The SMILES string of the molecule is Cl.NCCc1nc(C(=O)NC2COc3ccccc3C2)cs1. The molecular weight excluding hydrogens is 322 g/mol. The average Bonchev–Trinajstić information content (AvgIpc) is 2.96. The van der Waals surface area contributed by atoms with Crippen molar-refractivity contribution in [2.45, 2.75) is 18.9 Å². The van der Waals surface area contributed by atoms with Crippen molar-refractivity contribution >= 4 is 29.7 Å². The second kappa shape index (κ2) is 7.58. The number of nitrogens with one attached hydrogen (secondary N) is 1. The topological polar surface area (TPSA) is 77.2 Å². The summed E-state index contributed by atoms with van der Waals surface area (Å²) in [6.45, 7) is 1.03. The number of nitrogens with two attached hydrogens (primary N) is 1. The lowest BCUT2D eigenvalue weighted by molar-refractivity contribution is 0.0911. The van der Waals surface area contributed by atoms with Crippen LogP contribution in [-0.2, 0) is 12.8 Å². The normalized spacial score (nSPS) is 16.1. The second-order valence-corrected chi connectivity index (χ2v) is 5.90. The third-order valence-corrected chi connectivity index (χ3v) is 4.27. The molecule has 2 aromatic rings. The summed E-state index contributed by atoms with van der Waals surface area (Å²) in [6.07, 6.45) is 1.49. The fourth-order valence-corrected chi connectivity index (χ4v) is 3.13. The van der Waals surface area contributed by atoms with Crippen molar-refractivity contribution in [1.29, 1.82) is 0 Å². The quantitative estimate of drug-likeness (QED) is 0.890. The number of rotatable bonds is 4. The fraction of sp³-hybridized carbons (Fsp3) is 0.333. The molecule has 5 nitrogen and oxygen atoms in total. The summed E-state index contributed by atoms with van der Waals surface area (Å²) < 4.78 is 5.67. The molecule has 3 N–H and O–H groups in total. The number of carbonyl (C=O) groups is 1. The molecule has 0 saturated heterocycles. The number of amides is 1. The van der Waals surface area contributed by atoms with E-state index < -0.39 is 0 Å². The van der Waals surface area contributed by atoms with E-state index in [0.29, 0.717) is 25.3 Å². The number of thiazole rings is 1. The van der Waals surface area contributed by atoms with Gasteiger partial charge in [0.2, 0.25) is 0 Å². The number of fused-ring (bicyclic) bond motifs is 1. The summed E-state index contributed by atoms with van der Waals surface area (Å²) in [5, 5.41) is 5.65. The van der Waals surface area contributed by atoms with Crippen molar-refractivity contribution in [2.75, 3.05) is 13.2 Å². The first kappa shape index (κ1) is 16.7. The lowest BCUT2D eigenvalue weighted by Crippen LogP contribution is -2.42. The predicted molar refractivity (Wildman–Crippen MR) is 89.0 cm³/mol. The molecule has 1 amide bonds. The number of para-hydroxylation sites is 1. The van der Waals surface area contributed by atoms with Crippen molar-refractivity contribution in [3.8, 4) is 5.75 Å². The molecule has 0 bridgehead atoms. The Morgan fingerprint density at radius 1 is 1.45 bits per heavy atom. The molecule has 1 aromatic heterocycles. The van der Waals surface area contributed by atoms with E-state index in [4.69, 9.17) is 10.5 Å². The summed E-state index contributed by atoms with van der Waals surface area (Å²) in [7, 11) is 0. The summed E-state index contributed by atoms with van der Waals surface area (Å²) in [5.74, 6) is 0.754. The summed E-state index contributed by atoms with van der Waals surface area (Å²) in [6, 6.07) is 7.88. The number of halogens is 1. The minimum atomic E-state index is -0.150. The highest BCUT2D eigenvalue weighted by atomic mass is 35.5. The number of hydrogen-bond acceptors (Lipinski definition) is 5. The highest BCUT2D eigenvalue weighted by Gasteiger charge is 2.22. The largest absolute Gasteiger partial charge is 0.491 e. The van der Waals surface area contributed by atoms with E-state index in [-0.39, 0.29) is 24.4 Å². The number of ether oxygens (including phenoxy) is 1. The Balaban J connectivity index is 0.00000176. The van der Waals surface area contributed by atoms with Gasteiger partial charge in [0.05, 0.1) is 11.0 Å². The van der Waals surface area contributed by atoms with E-state index in [0.717, 1.165) is 22.7 Å². The lowest BCUT2D eigenvalue weighted by atomic mass is 10.0. The van der Waals surface area contributed by atoms with Crippen LogP contribution in [0.25, 0.3) is 0 Å². The molecule has 0 spiro atoms. The summed E-state index contributed by atoms with van der Waals surface area (Å²) >= 11 is 1.47. The Bertz CT molecular complexity index is 647. The average molecular weight is 340 g/mol. The maximum absolute atomic E-state index is 12.2. The molecule has 0 fully saturated rings. The third kappa shape index (κ3) is 3.76. The number of nitrogens with zero attached hydrogens (tertiary/aromatic N) is 1. The van der Waals surface area contributed by atoms with E-state index in [9.17, 15) is 4.79 Å². The molecule has 3 rings (SSSR count). The van der Waals surface area contributed by atoms with Crippen molar-refractivity contribution in [2.24, 2.45) is 5.73 Å². The number of hydrogen-bond donors (Lipinski definition) is 2. The van der Waals surface area contributed by atoms with Gasteiger partial charge in [-0.2, -0.15) is 0 Å². The van der Waals surface area contributed by atoms with Crippen LogP contribution >= 0.6 is 23.7 Å². The van der Waals surface area contributed by atoms with Crippen LogP contribution in [0.5, 0.6) is 5.75 Å². The first-order chi connectivity index (χ1) is 10.3. The Morgan fingerprint density at radius 2 is 2.27 bits per heavy atom. The van der Waals surface area contributed by atoms with Crippen molar-refractivity contribution in [1.82, 2.24) is 10.3 Å². The standard InChI is InChI=1S/C15H17N3O2S.ClH/c16-6-5-14-18-12(9-21-14)15(19)17-11-7-10-3-1-2-4-13(10)20-8-11;/h1-4,9,11H,5-8,16H2,(H,17,19);1H. The van der Waals surface area contributed by atoms with Gasteiger partial charge in [-0.3, -0.25) is 4.79 Å².